The van der Waals surface area contributed by atoms with E-state index in [1.807, 2.05) is 54.6 Å². The molecule has 0 fully saturated rings. The molecule has 4 aromatic carbocycles. The van der Waals surface area contributed by atoms with Crippen LogP contribution in [0.3, 0.4) is 0 Å². The number of ether oxygens (including phenoxy) is 1. The summed E-state index contributed by atoms with van der Waals surface area (Å²) in [5.74, 6) is 0.268. The Labute approximate surface area is 245 Å². The van der Waals surface area contributed by atoms with Crippen molar-refractivity contribution in [3.05, 3.63) is 106 Å². The molecule has 0 aliphatic carbocycles. The first-order valence-corrected chi connectivity index (χ1v) is 15.2. The first-order chi connectivity index (χ1) is 18.9. The van der Waals surface area contributed by atoms with Crippen molar-refractivity contribution in [2.45, 2.75) is 24.1 Å². The van der Waals surface area contributed by atoms with Crippen LogP contribution in [0.5, 0.6) is 5.75 Å². The number of amides is 1. The highest BCUT2D eigenvalue weighted by Crippen LogP contribution is 2.33. The van der Waals surface area contributed by atoms with Gasteiger partial charge in [-0.05, 0) is 60.2 Å². The summed E-state index contributed by atoms with van der Waals surface area (Å²) >= 11 is 7.11. The van der Waals surface area contributed by atoms with Crippen molar-refractivity contribution >= 4 is 70.4 Å². The van der Waals surface area contributed by atoms with E-state index in [9.17, 15) is 14.1 Å². The van der Waals surface area contributed by atoms with Gasteiger partial charge >= 0.3 is 0 Å². The molecule has 39 heavy (non-hydrogen) atoms. The Morgan fingerprint density at radius 3 is 2.23 bits per heavy atom. The summed E-state index contributed by atoms with van der Waals surface area (Å²) in [5.41, 5.74) is 3.00. The smallest absolute Gasteiger partial charge is 0.258 e. The van der Waals surface area contributed by atoms with Gasteiger partial charge in [0.05, 0.1) is 29.2 Å². The molecule has 6 nitrogen and oxygen atoms in total. The molecule has 2 N–H and O–H groups in total. The molecule has 2 atom stereocenters. The lowest BCUT2D eigenvalue weighted by Gasteiger charge is -2.14. The van der Waals surface area contributed by atoms with Crippen LogP contribution in [-0.2, 0) is 28.7 Å². The van der Waals surface area contributed by atoms with E-state index in [1.54, 1.807) is 24.3 Å². The molecular weight excluding hydrogens is 644 g/mol. The lowest BCUT2D eigenvalue weighted by Crippen LogP contribution is -2.28. The van der Waals surface area contributed by atoms with Gasteiger partial charge in [0, 0.05) is 42.2 Å². The molecule has 0 saturated heterocycles. The quantitative estimate of drug-likeness (QED) is 0.186. The maximum absolute atomic E-state index is 13.1. The van der Waals surface area contributed by atoms with Crippen molar-refractivity contribution in [1.29, 1.82) is 0 Å². The van der Waals surface area contributed by atoms with Gasteiger partial charge < -0.3 is 19.7 Å². The van der Waals surface area contributed by atoms with Crippen LogP contribution in [0, 0.1) is 0 Å². The van der Waals surface area contributed by atoms with E-state index in [1.165, 1.54) is 0 Å². The molecule has 0 bridgehead atoms. The van der Waals surface area contributed by atoms with Crippen LogP contribution in [0.25, 0.3) is 21.8 Å². The number of fused-ring (bicyclic) bond motifs is 3. The molecule has 2 unspecified atom stereocenters. The van der Waals surface area contributed by atoms with Crippen molar-refractivity contribution in [3.63, 3.8) is 0 Å². The van der Waals surface area contributed by atoms with E-state index >= 15 is 0 Å². The monoisotopic (exact) mass is 668 g/mol. The molecule has 200 valence electrons. The molecule has 0 saturated carbocycles. The van der Waals surface area contributed by atoms with Gasteiger partial charge in [-0.2, -0.15) is 0 Å². The molecule has 5 aromatic rings. The van der Waals surface area contributed by atoms with Crippen molar-refractivity contribution in [3.8, 4) is 5.75 Å². The number of nitrogens with zero attached hydrogens (tertiary/aromatic N) is 1. The Bertz CT molecular complexity index is 1600. The van der Waals surface area contributed by atoms with Crippen LogP contribution in [0.4, 0.5) is 0 Å². The average molecular weight is 670 g/mol. The summed E-state index contributed by atoms with van der Waals surface area (Å²) in [6.45, 7) is 0.573. The number of carbonyl (C=O) groups is 1. The van der Waals surface area contributed by atoms with E-state index < -0.39 is 16.9 Å². The van der Waals surface area contributed by atoms with Crippen LogP contribution in [0.15, 0.2) is 105 Å². The lowest BCUT2D eigenvalue weighted by atomic mass is 10.2. The third kappa shape index (κ3) is 6.78. The number of rotatable bonds is 10. The highest BCUT2D eigenvalue weighted by molar-refractivity contribution is 9.10. The molecular formula is C30H26Br2N2O4S. The van der Waals surface area contributed by atoms with Gasteiger partial charge in [0.25, 0.3) is 5.91 Å². The first kappa shape index (κ1) is 27.6. The van der Waals surface area contributed by atoms with E-state index in [4.69, 9.17) is 4.74 Å². The van der Waals surface area contributed by atoms with E-state index in [0.717, 1.165) is 36.3 Å². The Morgan fingerprint density at radius 2 is 1.56 bits per heavy atom. The SMILES string of the molecule is O=C(COc1cccc(S(=O)CC(O)Cn2c3ccc(Br)cc3c3cc(Br)ccc32)c1)NCc1ccccc1. The fraction of sp³-hybridized carbons (Fsp3) is 0.167. The number of aliphatic hydroxyl groups is 1. The van der Waals surface area contributed by atoms with Gasteiger partial charge in [-0.15, -0.1) is 0 Å². The predicted molar refractivity (Wildman–Crippen MR) is 162 cm³/mol. The highest BCUT2D eigenvalue weighted by Gasteiger charge is 2.17. The van der Waals surface area contributed by atoms with E-state index in [2.05, 4.69) is 53.9 Å². The largest absolute Gasteiger partial charge is 0.484 e. The number of benzene rings is 4. The van der Waals surface area contributed by atoms with E-state index in [-0.39, 0.29) is 18.3 Å². The van der Waals surface area contributed by atoms with Crippen molar-refractivity contribution in [2.24, 2.45) is 0 Å². The number of hydrogen-bond acceptors (Lipinski definition) is 4. The van der Waals surface area contributed by atoms with Crippen LogP contribution in [0.2, 0.25) is 0 Å². The van der Waals surface area contributed by atoms with Gasteiger partial charge in [-0.3, -0.25) is 9.00 Å². The number of carbonyl (C=O) groups excluding carboxylic acids is 1. The van der Waals surface area contributed by atoms with Gasteiger partial charge in [0.2, 0.25) is 0 Å². The lowest BCUT2D eigenvalue weighted by molar-refractivity contribution is -0.123. The molecule has 0 spiro atoms. The number of aromatic nitrogens is 1. The van der Waals surface area contributed by atoms with Crippen LogP contribution in [-0.4, -0.2) is 38.3 Å². The van der Waals surface area contributed by atoms with Crippen LogP contribution in [0.1, 0.15) is 5.56 Å². The Hall–Kier alpha value is -2.98. The van der Waals surface area contributed by atoms with Gasteiger partial charge in [0.1, 0.15) is 5.75 Å². The van der Waals surface area contributed by atoms with Gasteiger partial charge in [0.15, 0.2) is 6.61 Å². The molecule has 0 aliphatic rings. The summed E-state index contributed by atoms with van der Waals surface area (Å²) in [5, 5.41) is 15.9. The first-order valence-electron chi connectivity index (χ1n) is 12.3. The number of aliphatic hydroxyl groups excluding tert-OH is 1. The minimum Gasteiger partial charge on any atom is -0.484 e. The second-order valence-corrected chi connectivity index (χ2v) is 12.5. The Kier molecular flexibility index (Phi) is 8.82. The second-order valence-electron chi connectivity index (χ2n) is 9.13. The second kappa shape index (κ2) is 12.5. The third-order valence-electron chi connectivity index (χ3n) is 6.30. The zero-order valence-electron chi connectivity index (χ0n) is 20.8. The van der Waals surface area contributed by atoms with Gasteiger partial charge in [-0.25, -0.2) is 0 Å². The highest BCUT2D eigenvalue weighted by atomic mass is 79.9. The fourth-order valence-electron chi connectivity index (χ4n) is 4.48. The zero-order chi connectivity index (χ0) is 27.4. The van der Waals surface area contributed by atoms with Crippen LogP contribution >= 0.6 is 31.9 Å². The molecule has 0 radical (unpaired) electrons. The molecule has 0 aliphatic heterocycles. The van der Waals surface area contributed by atoms with Gasteiger partial charge in [-0.1, -0.05) is 68.3 Å². The standard InChI is InChI=1S/C30H26Br2N2O4S/c31-21-9-11-28-26(13-21)27-14-22(32)10-12-29(27)34(28)17-23(35)19-39(37)25-8-4-7-24(15-25)38-18-30(36)33-16-20-5-2-1-3-6-20/h1-15,23,35H,16-19H2,(H,33,36). The number of hydrogen-bond donors (Lipinski definition) is 2. The Morgan fingerprint density at radius 1 is 0.897 bits per heavy atom. The van der Waals surface area contributed by atoms with E-state index in [0.29, 0.717) is 23.7 Å². The normalized spacial score (nSPS) is 12.9. The maximum Gasteiger partial charge on any atom is 0.258 e. The van der Waals surface area contributed by atoms with Crippen molar-refractivity contribution in [2.75, 3.05) is 12.4 Å². The molecule has 1 heterocycles. The number of nitrogens with one attached hydrogen (secondary N) is 1. The van der Waals surface area contributed by atoms with Crippen LogP contribution < -0.4 is 10.1 Å². The summed E-state index contributed by atoms with van der Waals surface area (Å²) in [6.07, 6.45) is -0.842. The third-order valence-corrected chi connectivity index (χ3v) is 8.75. The summed E-state index contributed by atoms with van der Waals surface area (Å²) < 4.78 is 22.8. The molecule has 1 amide bonds. The summed E-state index contributed by atoms with van der Waals surface area (Å²) in [4.78, 5) is 12.7. The predicted octanol–water partition coefficient (Wildman–Crippen LogP) is 6.18. The fourth-order valence-corrected chi connectivity index (χ4v) is 6.33. The topological polar surface area (TPSA) is 80.6 Å². The summed E-state index contributed by atoms with van der Waals surface area (Å²) in [6, 6.07) is 28.6. The zero-order valence-corrected chi connectivity index (χ0v) is 24.8. The minimum absolute atomic E-state index is 0.0647. The summed E-state index contributed by atoms with van der Waals surface area (Å²) in [7, 11) is -1.46. The molecule has 5 rings (SSSR count). The molecule has 9 heteroatoms. The van der Waals surface area contributed by atoms with Crippen molar-refractivity contribution in [1.82, 2.24) is 9.88 Å². The Balaban J connectivity index is 1.22. The minimum atomic E-state index is -1.46. The maximum atomic E-state index is 13.1. The molecule has 1 aromatic heterocycles. The average Bonchev–Trinajstić information content (AvgIpc) is 3.22. The van der Waals surface area contributed by atoms with Crippen molar-refractivity contribution < 1.29 is 18.8 Å². The number of halogens is 2.